The molecule has 0 aromatic carbocycles. The van der Waals surface area contributed by atoms with Gasteiger partial charge < -0.3 is 15.4 Å². The molecular weight excluding hydrogens is 316 g/mol. The maximum Gasteiger partial charge on any atom is 0.407 e. The number of carbonyl (C=O) groups is 2. The minimum absolute atomic E-state index is 0.167. The van der Waals surface area contributed by atoms with Gasteiger partial charge in [-0.25, -0.2) is 4.79 Å². The number of ether oxygens (including phenoxy) is 1. The zero-order valence-corrected chi connectivity index (χ0v) is 17.0. The molecule has 0 aromatic rings. The quantitative estimate of drug-likeness (QED) is 0.666. The third kappa shape index (κ3) is 9.71. The molecule has 0 heterocycles. The van der Waals surface area contributed by atoms with Gasteiger partial charge in [-0.2, -0.15) is 0 Å². The summed E-state index contributed by atoms with van der Waals surface area (Å²) in [6.45, 7) is 12.7. The highest BCUT2D eigenvalue weighted by molar-refractivity contribution is 5.79. The molecule has 0 aromatic heterocycles. The van der Waals surface area contributed by atoms with Gasteiger partial charge in [-0.3, -0.25) is 4.79 Å². The summed E-state index contributed by atoms with van der Waals surface area (Å²) >= 11 is 0. The van der Waals surface area contributed by atoms with E-state index in [1.54, 1.807) is 0 Å². The molecule has 5 heteroatoms. The molecule has 0 spiro atoms. The van der Waals surface area contributed by atoms with Gasteiger partial charge in [-0.15, -0.1) is 0 Å². The fraction of sp³-hybridized carbons (Fsp3) is 0.900. The molecule has 1 fully saturated rings. The summed E-state index contributed by atoms with van der Waals surface area (Å²) in [5.74, 6) is 0.382. The van der Waals surface area contributed by atoms with E-state index in [9.17, 15) is 9.59 Å². The summed E-state index contributed by atoms with van der Waals surface area (Å²) in [6.07, 6.45) is 6.79. The van der Waals surface area contributed by atoms with Gasteiger partial charge in [0.2, 0.25) is 5.91 Å². The lowest BCUT2D eigenvalue weighted by Gasteiger charge is -2.34. The lowest BCUT2D eigenvalue weighted by molar-refractivity contribution is -0.127. The summed E-state index contributed by atoms with van der Waals surface area (Å²) < 4.78 is 5.19. The number of nitrogens with one attached hydrogen (secondary N) is 2. The van der Waals surface area contributed by atoms with Gasteiger partial charge in [-0.05, 0) is 71.6 Å². The van der Waals surface area contributed by atoms with Crippen LogP contribution < -0.4 is 10.6 Å². The molecular formula is C20H38N2O3. The Balaban J connectivity index is 2.15. The number of unbranched alkanes of at least 4 members (excludes halogenated alkanes) is 1. The number of alkyl carbamates (subject to hydrolysis) is 1. The third-order valence-electron chi connectivity index (χ3n) is 4.70. The van der Waals surface area contributed by atoms with Gasteiger partial charge >= 0.3 is 6.09 Å². The van der Waals surface area contributed by atoms with Gasteiger partial charge in [0.15, 0.2) is 0 Å². The number of hydrogen-bond acceptors (Lipinski definition) is 3. The Morgan fingerprint density at radius 2 is 1.92 bits per heavy atom. The lowest BCUT2D eigenvalue weighted by atomic mass is 9.72. The molecule has 1 rings (SSSR count). The highest BCUT2D eigenvalue weighted by atomic mass is 16.6. The van der Waals surface area contributed by atoms with Crippen molar-refractivity contribution in [3.63, 3.8) is 0 Å². The molecule has 146 valence electrons. The fourth-order valence-electron chi connectivity index (χ4n) is 3.43. The maximum atomic E-state index is 12.4. The van der Waals surface area contributed by atoms with Crippen LogP contribution in [0.2, 0.25) is 0 Å². The number of amides is 2. The first-order chi connectivity index (χ1) is 11.5. The van der Waals surface area contributed by atoms with E-state index in [2.05, 4.69) is 31.4 Å². The first-order valence-electron chi connectivity index (χ1n) is 9.76. The van der Waals surface area contributed by atoms with Crippen molar-refractivity contribution in [3.05, 3.63) is 0 Å². The molecule has 1 saturated carbocycles. The number of hydrogen-bond donors (Lipinski definition) is 2. The van der Waals surface area contributed by atoms with Gasteiger partial charge in [-0.1, -0.05) is 20.3 Å². The standard InChI is InChI=1S/C20H38N2O3/c1-15(10-7-8-13-21-18(24)25-19(2,3)4)22-17(23)16-11-9-12-20(5,6)14-16/h15-16H,7-14H2,1-6H3,(H,21,24)(H,22,23)/t15-,16-/m1/s1. The average Bonchev–Trinajstić information content (AvgIpc) is 2.43. The normalized spacial score (nSPS) is 21.3. The average molecular weight is 355 g/mol. The SMILES string of the molecule is C[C@H](CCCCNC(=O)OC(C)(C)C)NC(=O)[C@@H]1CCCC(C)(C)C1. The van der Waals surface area contributed by atoms with Gasteiger partial charge in [0.25, 0.3) is 0 Å². The van der Waals surface area contributed by atoms with Crippen molar-refractivity contribution in [3.8, 4) is 0 Å². The molecule has 1 aliphatic rings. The summed E-state index contributed by atoms with van der Waals surface area (Å²) in [4.78, 5) is 24.0. The van der Waals surface area contributed by atoms with E-state index in [1.165, 1.54) is 6.42 Å². The van der Waals surface area contributed by atoms with Crippen LogP contribution in [-0.2, 0) is 9.53 Å². The molecule has 1 aliphatic carbocycles. The van der Waals surface area contributed by atoms with Crippen molar-refractivity contribution < 1.29 is 14.3 Å². The second kappa shape index (κ2) is 9.44. The van der Waals surface area contributed by atoms with Crippen molar-refractivity contribution in [1.82, 2.24) is 10.6 Å². The van der Waals surface area contributed by atoms with Gasteiger partial charge in [0.05, 0.1) is 0 Å². The smallest absolute Gasteiger partial charge is 0.407 e. The van der Waals surface area contributed by atoms with E-state index < -0.39 is 5.60 Å². The van der Waals surface area contributed by atoms with Crippen molar-refractivity contribution in [2.45, 2.75) is 98.1 Å². The van der Waals surface area contributed by atoms with Crippen LogP contribution in [0.1, 0.15) is 86.5 Å². The Morgan fingerprint density at radius 3 is 2.52 bits per heavy atom. The Hall–Kier alpha value is -1.26. The molecule has 25 heavy (non-hydrogen) atoms. The van der Waals surface area contributed by atoms with Crippen LogP contribution in [0.15, 0.2) is 0 Å². The molecule has 2 N–H and O–H groups in total. The van der Waals surface area contributed by atoms with E-state index in [0.717, 1.165) is 38.5 Å². The zero-order valence-electron chi connectivity index (χ0n) is 17.0. The van der Waals surface area contributed by atoms with Crippen molar-refractivity contribution in [2.75, 3.05) is 6.54 Å². The summed E-state index contributed by atoms with van der Waals surface area (Å²) in [5, 5.41) is 5.93. The van der Waals surface area contributed by atoms with Gasteiger partial charge in [0, 0.05) is 18.5 Å². The third-order valence-corrected chi connectivity index (χ3v) is 4.70. The summed E-state index contributed by atoms with van der Waals surface area (Å²) in [7, 11) is 0. The lowest BCUT2D eigenvalue weighted by Crippen LogP contribution is -2.40. The largest absolute Gasteiger partial charge is 0.444 e. The molecule has 0 saturated heterocycles. The Bertz CT molecular complexity index is 441. The topological polar surface area (TPSA) is 67.4 Å². The molecule has 5 nitrogen and oxygen atoms in total. The van der Waals surface area contributed by atoms with Crippen molar-refractivity contribution in [2.24, 2.45) is 11.3 Å². The van der Waals surface area contributed by atoms with Crippen molar-refractivity contribution in [1.29, 1.82) is 0 Å². The van der Waals surface area contributed by atoms with E-state index in [0.29, 0.717) is 6.54 Å². The summed E-state index contributed by atoms with van der Waals surface area (Å²) in [6, 6.07) is 0.180. The van der Waals surface area contributed by atoms with Crippen LogP contribution in [0.25, 0.3) is 0 Å². The molecule has 0 unspecified atom stereocenters. The molecule has 0 aliphatic heterocycles. The molecule has 2 atom stereocenters. The first kappa shape index (κ1) is 21.8. The predicted octanol–water partition coefficient (Wildman–Crippen LogP) is 4.40. The zero-order chi connectivity index (χ0) is 19.1. The van der Waals surface area contributed by atoms with E-state index in [-0.39, 0.29) is 29.4 Å². The first-order valence-corrected chi connectivity index (χ1v) is 9.76. The minimum atomic E-state index is -0.462. The molecule has 0 bridgehead atoms. The van der Waals surface area contributed by atoms with Crippen LogP contribution in [-0.4, -0.2) is 30.2 Å². The molecule has 0 radical (unpaired) electrons. The van der Waals surface area contributed by atoms with Crippen LogP contribution in [0.5, 0.6) is 0 Å². The minimum Gasteiger partial charge on any atom is -0.444 e. The van der Waals surface area contributed by atoms with Gasteiger partial charge in [0.1, 0.15) is 5.60 Å². The fourth-order valence-corrected chi connectivity index (χ4v) is 3.43. The Morgan fingerprint density at radius 1 is 1.24 bits per heavy atom. The second-order valence-electron chi connectivity index (χ2n) is 9.29. The highest BCUT2D eigenvalue weighted by Gasteiger charge is 2.32. The Labute approximate surface area is 153 Å². The Kier molecular flexibility index (Phi) is 8.23. The second-order valence-corrected chi connectivity index (χ2v) is 9.29. The molecule has 2 amide bonds. The van der Waals surface area contributed by atoms with E-state index in [1.807, 2.05) is 20.8 Å². The van der Waals surface area contributed by atoms with E-state index >= 15 is 0 Å². The highest BCUT2D eigenvalue weighted by Crippen LogP contribution is 2.38. The number of rotatable bonds is 7. The van der Waals surface area contributed by atoms with Crippen LogP contribution in [0, 0.1) is 11.3 Å². The monoisotopic (exact) mass is 354 g/mol. The summed E-state index contributed by atoms with van der Waals surface area (Å²) in [5.41, 5.74) is -0.173. The number of carbonyl (C=O) groups excluding carboxylic acids is 2. The van der Waals surface area contributed by atoms with Crippen LogP contribution in [0.4, 0.5) is 4.79 Å². The van der Waals surface area contributed by atoms with Crippen LogP contribution in [0.3, 0.4) is 0 Å². The van der Waals surface area contributed by atoms with Crippen molar-refractivity contribution >= 4 is 12.0 Å². The predicted molar refractivity (Wildman–Crippen MR) is 101 cm³/mol. The van der Waals surface area contributed by atoms with Crippen LogP contribution >= 0.6 is 0 Å². The van der Waals surface area contributed by atoms with E-state index in [4.69, 9.17) is 4.74 Å². The maximum absolute atomic E-state index is 12.4.